The van der Waals surface area contributed by atoms with E-state index < -0.39 is 0 Å². The van der Waals surface area contributed by atoms with Gasteiger partial charge in [0.1, 0.15) is 17.4 Å². The third-order valence-electron chi connectivity index (χ3n) is 2.79. The fourth-order valence-electron chi connectivity index (χ4n) is 1.90. The first kappa shape index (κ1) is 13.5. The number of furan rings is 1. The molecule has 4 nitrogen and oxygen atoms in total. The van der Waals surface area contributed by atoms with E-state index in [-0.39, 0.29) is 6.04 Å². The van der Waals surface area contributed by atoms with E-state index in [0.717, 1.165) is 36.8 Å². The highest BCUT2D eigenvalue weighted by atomic mass is 16.3. The molecule has 2 aromatic rings. The van der Waals surface area contributed by atoms with Gasteiger partial charge in [0.2, 0.25) is 0 Å². The second-order valence-corrected chi connectivity index (χ2v) is 4.66. The van der Waals surface area contributed by atoms with Gasteiger partial charge in [-0.05, 0) is 37.6 Å². The molecular formula is C15H21N3O. The predicted octanol–water partition coefficient (Wildman–Crippen LogP) is 3.54. The lowest BCUT2D eigenvalue weighted by molar-refractivity contribution is 0.497. The molecule has 1 atom stereocenters. The van der Waals surface area contributed by atoms with Crippen LogP contribution in [0.15, 0.2) is 41.0 Å². The fourth-order valence-corrected chi connectivity index (χ4v) is 1.90. The van der Waals surface area contributed by atoms with Gasteiger partial charge in [0.25, 0.3) is 0 Å². The van der Waals surface area contributed by atoms with E-state index in [9.17, 15) is 0 Å². The Labute approximate surface area is 114 Å². The third kappa shape index (κ3) is 4.32. The molecule has 2 N–H and O–H groups in total. The molecule has 2 heterocycles. The molecule has 0 aliphatic carbocycles. The number of nitrogens with one attached hydrogen (secondary N) is 2. The Morgan fingerprint density at radius 3 is 2.79 bits per heavy atom. The fraction of sp³-hybridized carbons (Fsp3) is 0.400. The topological polar surface area (TPSA) is 50.1 Å². The maximum Gasteiger partial charge on any atom is 0.128 e. The van der Waals surface area contributed by atoms with Gasteiger partial charge in [-0.1, -0.05) is 13.0 Å². The standard InChI is InChI=1S/C15H21N3O/c1-3-9-16-14-7-4-8-15(18-14)17-12(2)11-13-6-5-10-19-13/h4-8,10,12H,3,9,11H2,1-2H3,(H2,16,17,18). The van der Waals surface area contributed by atoms with Gasteiger partial charge in [0.15, 0.2) is 0 Å². The zero-order valence-corrected chi connectivity index (χ0v) is 11.5. The van der Waals surface area contributed by atoms with E-state index in [1.807, 2.05) is 30.3 Å². The van der Waals surface area contributed by atoms with Crippen molar-refractivity contribution >= 4 is 11.6 Å². The smallest absolute Gasteiger partial charge is 0.128 e. The summed E-state index contributed by atoms with van der Waals surface area (Å²) in [4.78, 5) is 4.53. The minimum atomic E-state index is 0.278. The van der Waals surface area contributed by atoms with Crippen molar-refractivity contribution in [2.75, 3.05) is 17.2 Å². The van der Waals surface area contributed by atoms with E-state index >= 15 is 0 Å². The molecule has 0 aliphatic heterocycles. The maximum absolute atomic E-state index is 5.35. The van der Waals surface area contributed by atoms with Gasteiger partial charge in [0, 0.05) is 19.0 Å². The Hall–Kier alpha value is -1.97. The second-order valence-electron chi connectivity index (χ2n) is 4.66. The summed E-state index contributed by atoms with van der Waals surface area (Å²) >= 11 is 0. The van der Waals surface area contributed by atoms with Gasteiger partial charge in [-0.15, -0.1) is 0 Å². The second kappa shape index (κ2) is 6.83. The highest BCUT2D eigenvalue weighted by Gasteiger charge is 2.06. The largest absolute Gasteiger partial charge is 0.469 e. The van der Waals surface area contributed by atoms with Crippen LogP contribution in [0.25, 0.3) is 0 Å². The number of hydrogen-bond acceptors (Lipinski definition) is 4. The summed E-state index contributed by atoms with van der Waals surface area (Å²) in [5, 5.41) is 6.67. The van der Waals surface area contributed by atoms with Crippen molar-refractivity contribution in [1.82, 2.24) is 4.98 Å². The van der Waals surface area contributed by atoms with Crippen LogP contribution in [-0.2, 0) is 6.42 Å². The van der Waals surface area contributed by atoms with Crippen LogP contribution in [0.4, 0.5) is 11.6 Å². The van der Waals surface area contributed by atoms with Gasteiger partial charge in [-0.2, -0.15) is 0 Å². The molecular weight excluding hydrogens is 238 g/mol. The van der Waals surface area contributed by atoms with Gasteiger partial charge in [0.05, 0.1) is 6.26 Å². The molecule has 0 amide bonds. The first-order chi connectivity index (χ1) is 9.28. The number of nitrogens with zero attached hydrogens (tertiary/aromatic N) is 1. The molecule has 2 aromatic heterocycles. The number of pyridine rings is 1. The lowest BCUT2D eigenvalue weighted by atomic mass is 10.2. The van der Waals surface area contributed by atoms with Crippen LogP contribution in [0.3, 0.4) is 0 Å². The average molecular weight is 259 g/mol. The average Bonchev–Trinajstić information content (AvgIpc) is 2.89. The van der Waals surface area contributed by atoms with Crippen molar-refractivity contribution < 1.29 is 4.42 Å². The minimum absolute atomic E-state index is 0.278. The zero-order valence-electron chi connectivity index (χ0n) is 11.5. The summed E-state index contributed by atoms with van der Waals surface area (Å²) in [6.07, 6.45) is 3.64. The van der Waals surface area contributed by atoms with Crippen LogP contribution < -0.4 is 10.6 Å². The monoisotopic (exact) mass is 259 g/mol. The van der Waals surface area contributed by atoms with E-state index in [1.165, 1.54) is 0 Å². The molecule has 0 aliphatic rings. The van der Waals surface area contributed by atoms with Crippen molar-refractivity contribution in [3.63, 3.8) is 0 Å². The summed E-state index contributed by atoms with van der Waals surface area (Å²) in [6.45, 7) is 5.20. The Morgan fingerprint density at radius 1 is 1.21 bits per heavy atom. The molecule has 1 unspecified atom stereocenters. The van der Waals surface area contributed by atoms with E-state index in [1.54, 1.807) is 6.26 Å². The number of rotatable bonds is 7. The van der Waals surface area contributed by atoms with Crippen molar-refractivity contribution in [2.24, 2.45) is 0 Å². The molecule has 0 saturated carbocycles. The SMILES string of the molecule is CCCNc1cccc(NC(C)Cc2ccco2)n1. The van der Waals surface area contributed by atoms with E-state index in [4.69, 9.17) is 4.42 Å². The minimum Gasteiger partial charge on any atom is -0.469 e. The van der Waals surface area contributed by atoms with Gasteiger partial charge < -0.3 is 15.1 Å². The number of aromatic nitrogens is 1. The molecule has 2 rings (SSSR count). The molecule has 0 saturated heterocycles. The van der Waals surface area contributed by atoms with Crippen molar-refractivity contribution in [2.45, 2.75) is 32.7 Å². The molecule has 102 valence electrons. The van der Waals surface area contributed by atoms with Gasteiger partial charge in [-0.3, -0.25) is 0 Å². The third-order valence-corrected chi connectivity index (χ3v) is 2.79. The van der Waals surface area contributed by atoms with Crippen LogP contribution in [-0.4, -0.2) is 17.6 Å². The molecule has 4 heteroatoms. The summed E-state index contributed by atoms with van der Waals surface area (Å²) in [5.74, 6) is 2.79. The maximum atomic E-state index is 5.35. The van der Waals surface area contributed by atoms with Crippen LogP contribution in [0.1, 0.15) is 26.0 Å². The Kier molecular flexibility index (Phi) is 4.84. The zero-order chi connectivity index (χ0) is 13.5. The van der Waals surface area contributed by atoms with Crippen molar-refractivity contribution in [3.05, 3.63) is 42.4 Å². The molecule has 0 bridgehead atoms. The normalized spacial score (nSPS) is 12.1. The summed E-state index contributed by atoms with van der Waals surface area (Å²) < 4.78 is 5.35. The van der Waals surface area contributed by atoms with Crippen molar-refractivity contribution in [3.8, 4) is 0 Å². The lowest BCUT2D eigenvalue weighted by Gasteiger charge is -2.14. The van der Waals surface area contributed by atoms with E-state index in [0.29, 0.717) is 0 Å². The number of hydrogen-bond donors (Lipinski definition) is 2. The Bertz CT molecular complexity index is 482. The van der Waals surface area contributed by atoms with E-state index in [2.05, 4.69) is 29.5 Å². The molecule has 0 radical (unpaired) electrons. The van der Waals surface area contributed by atoms with Gasteiger partial charge >= 0.3 is 0 Å². The van der Waals surface area contributed by atoms with Crippen LogP contribution >= 0.6 is 0 Å². The number of anilines is 2. The lowest BCUT2D eigenvalue weighted by Crippen LogP contribution is -2.18. The quantitative estimate of drug-likeness (QED) is 0.798. The van der Waals surface area contributed by atoms with Gasteiger partial charge in [-0.25, -0.2) is 4.98 Å². The molecule has 0 fully saturated rings. The predicted molar refractivity (Wildman–Crippen MR) is 78.5 cm³/mol. The summed E-state index contributed by atoms with van der Waals surface area (Å²) in [6, 6.07) is 10.2. The summed E-state index contributed by atoms with van der Waals surface area (Å²) in [5.41, 5.74) is 0. The Balaban J connectivity index is 1.90. The highest BCUT2D eigenvalue weighted by Crippen LogP contribution is 2.12. The molecule has 0 aromatic carbocycles. The molecule has 19 heavy (non-hydrogen) atoms. The molecule has 0 spiro atoms. The first-order valence-electron chi connectivity index (χ1n) is 6.77. The van der Waals surface area contributed by atoms with Crippen LogP contribution in [0.2, 0.25) is 0 Å². The van der Waals surface area contributed by atoms with Crippen molar-refractivity contribution in [1.29, 1.82) is 0 Å². The van der Waals surface area contributed by atoms with Crippen LogP contribution in [0.5, 0.6) is 0 Å². The highest BCUT2D eigenvalue weighted by molar-refractivity contribution is 5.45. The summed E-state index contributed by atoms with van der Waals surface area (Å²) in [7, 11) is 0. The van der Waals surface area contributed by atoms with Crippen LogP contribution in [0, 0.1) is 0 Å². The Morgan fingerprint density at radius 2 is 2.05 bits per heavy atom. The first-order valence-corrected chi connectivity index (χ1v) is 6.77.